The fraction of sp³-hybridized carbons (Fsp3) is 0.625. The van der Waals surface area contributed by atoms with Crippen LogP contribution in [0.5, 0.6) is 0 Å². The van der Waals surface area contributed by atoms with Crippen LogP contribution in [-0.4, -0.2) is 16.7 Å². The van der Waals surface area contributed by atoms with E-state index < -0.39 is 11.9 Å². The molecule has 0 aromatic carbocycles. The minimum atomic E-state index is -4.38. The molecule has 0 aliphatic rings. The van der Waals surface area contributed by atoms with Crippen molar-refractivity contribution in [2.24, 2.45) is 5.73 Å². The Balaban J connectivity index is 2.78. The first-order valence-corrected chi connectivity index (χ1v) is 4.27. The van der Waals surface area contributed by atoms with Gasteiger partial charge in [-0.1, -0.05) is 6.92 Å². The van der Waals surface area contributed by atoms with E-state index in [1.165, 1.54) is 0 Å². The first-order chi connectivity index (χ1) is 6.45. The maximum Gasteiger partial charge on any atom is 0.435 e. The highest BCUT2D eigenvalue weighted by molar-refractivity contribution is 5.14. The second-order valence-electron chi connectivity index (χ2n) is 3.18. The molecule has 0 radical (unpaired) electrons. The molecule has 0 spiro atoms. The molecule has 14 heavy (non-hydrogen) atoms. The Labute approximate surface area is 79.5 Å². The van der Waals surface area contributed by atoms with Gasteiger partial charge < -0.3 is 5.73 Å². The van der Waals surface area contributed by atoms with Crippen molar-refractivity contribution < 1.29 is 13.2 Å². The van der Waals surface area contributed by atoms with Crippen molar-refractivity contribution in [3.63, 3.8) is 0 Å². The standard InChI is InChI=1S/C8H12F3N3/c1-5(2-3-12)6-4-7(14-13-6)8(9,10)11/h4-5H,2-3,12H2,1H3,(H,13,14). The highest BCUT2D eigenvalue weighted by Gasteiger charge is 2.34. The van der Waals surface area contributed by atoms with Crippen LogP contribution in [0.15, 0.2) is 6.07 Å². The molecule has 1 heterocycles. The van der Waals surface area contributed by atoms with Crippen LogP contribution >= 0.6 is 0 Å². The first-order valence-electron chi connectivity index (χ1n) is 4.27. The van der Waals surface area contributed by atoms with Gasteiger partial charge in [0.05, 0.1) is 0 Å². The Morgan fingerprint density at radius 2 is 2.21 bits per heavy atom. The van der Waals surface area contributed by atoms with Gasteiger partial charge in [0, 0.05) is 5.69 Å². The van der Waals surface area contributed by atoms with Crippen LogP contribution in [-0.2, 0) is 6.18 Å². The molecule has 0 aliphatic carbocycles. The molecule has 1 aromatic heterocycles. The summed E-state index contributed by atoms with van der Waals surface area (Å²) in [5, 5.41) is 5.57. The van der Waals surface area contributed by atoms with Crippen LogP contribution in [0.3, 0.4) is 0 Å². The minimum absolute atomic E-state index is 0.0244. The highest BCUT2D eigenvalue weighted by Crippen LogP contribution is 2.29. The normalized spacial score (nSPS) is 14.4. The summed E-state index contributed by atoms with van der Waals surface area (Å²) in [7, 11) is 0. The summed E-state index contributed by atoms with van der Waals surface area (Å²) in [6.07, 6.45) is -3.74. The van der Waals surface area contributed by atoms with E-state index >= 15 is 0 Å². The van der Waals surface area contributed by atoms with E-state index in [4.69, 9.17) is 5.73 Å². The van der Waals surface area contributed by atoms with E-state index in [9.17, 15) is 13.2 Å². The molecule has 0 amide bonds. The molecular weight excluding hydrogens is 195 g/mol. The molecule has 1 unspecified atom stereocenters. The monoisotopic (exact) mass is 207 g/mol. The van der Waals surface area contributed by atoms with Crippen LogP contribution in [0.4, 0.5) is 13.2 Å². The van der Waals surface area contributed by atoms with E-state index in [0.717, 1.165) is 6.07 Å². The Morgan fingerprint density at radius 1 is 1.57 bits per heavy atom. The lowest BCUT2D eigenvalue weighted by Crippen LogP contribution is -2.05. The molecule has 0 saturated heterocycles. The molecule has 0 aliphatic heterocycles. The number of nitrogens with zero attached hydrogens (tertiary/aromatic N) is 1. The van der Waals surface area contributed by atoms with Crippen molar-refractivity contribution in [3.05, 3.63) is 17.5 Å². The lowest BCUT2D eigenvalue weighted by atomic mass is 10.0. The van der Waals surface area contributed by atoms with Crippen LogP contribution in [0.2, 0.25) is 0 Å². The van der Waals surface area contributed by atoms with Crippen molar-refractivity contribution >= 4 is 0 Å². The molecule has 6 heteroatoms. The number of hydrogen-bond donors (Lipinski definition) is 2. The third kappa shape index (κ3) is 2.47. The number of H-pyrrole nitrogens is 1. The summed E-state index contributed by atoms with van der Waals surface area (Å²) in [4.78, 5) is 0. The molecule has 1 atom stereocenters. The topological polar surface area (TPSA) is 54.7 Å². The Hall–Kier alpha value is -1.04. The largest absolute Gasteiger partial charge is 0.435 e. The SMILES string of the molecule is CC(CCN)c1cc(C(F)(F)F)n[nH]1. The van der Waals surface area contributed by atoms with Gasteiger partial charge in [-0.3, -0.25) is 5.10 Å². The smallest absolute Gasteiger partial charge is 0.330 e. The number of halogens is 3. The fourth-order valence-electron chi connectivity index (χ4n) is 1.14. The number of aromatic amines is 1. The number of alkyl halides is 3. The predicted molar refractivity (Wildman–Crippen MR) is 45.7 cm³/mol. The summed E-state index contributed by atoms with van der Waals surface area (Å²) in [5.74, 6) is -0.0244. The van der Waals surface area contributed by atoms with Gasteiger partial charge >= 0.3 is 6.18 Å². The predicted octanol–water partition coefficient (Wildman–Crippen LogP) is 1.88. The number of nitrogens with one attached hydrogen (secondary N) is 1. The summed E-state index contributed by atoms with van der Waals surface area (Å²) < 4.78 is 36.4. The molecule has 1 aromatic rings. The Morgan fingerprint density at radius 3 is 2.64 bits per heavy atom. The van der Waals surface area contributed by atoms with Gasteiger partial charge in [-0.05, 0) is 24.9 Å². The van der Waals surface area contributed by atoms with E-state index in [-0.39, 0.29) is 5.92 Å². The average Bonchev–Trinajstić information content (AvgIpc) is 2.51. The summed E-state index contributed by atoms with van der Waals surface area (Å²) in [5.41, 5.74) is 4.90. The first kappa shape index (κ1) is 11.0. The van der Waals surface area contributed by atoms with Crippen molar-refractivity contribution in [1.82, 2.24) is 10.2 Å². The summed E-state index contributed by atoms with van der Waals surface area (Å²) in [6, 6.07) is 1.03. The molecule has 80 valence electrons. The number of nitrogens with two attached hydrogens (primary N) is 1. The third-order valence-electron chi connectivity index (χ3n) is 2.02. The average molecular weight is 207 g/mol. The molecular formula is C8H12F3N3. The number of rotatable bonds is 3. The zero-order valence-electron chi connectivity index (χ0n) is 7.73. The lowest BCUT2D eigenvalue weighted by molar-refractivity contribution is -0.141. The quantitative estimate of drug-likeness (QED) is 0.795. The molecule has 0 saturated carbocycles. The molecule has 3 nitrogen and oxygen atoms in total. The van der Waals surface area contributed by atoms with Gasteiger partial charge in [-0.2, -0.15) is 18.3 Å². The van der Waals surface area contributed by atoms with Gasteiger partial charge in [0.1, 0.15) is 0 Å². The van der Waals surface area contributed by atoms with Crippen LogP contribution in [0, 0.1) is 0 Å². The van der Waals surface area contributed by atoms with Crippen molar-refractivity contribution in [2.45, 2.75) is 25.4 Å². The number of aromatic nitrogens is 2. The van der Waals surface area contributed by atoms with E-state index in [1.807, 2.05) is 0 Å². The Kier molecular flexibility index (Phi) is 3.15. The van der Waals surface area contributed by atoms with Crippen molar-refractivity contribution in [2.75, 3.05) is 6.54 Å². The zero-order chi connectivity index (χ0) is 10.8. The second-order valence-corrected chi connectivity index (χ2v) is 3.18. The fourth-order valence-corrected chi connectivity index (χ4v) is 1.14. The van der Waals surface area contributed by atoms with Crippen LogP contribution < -0.4 is 5.73 Å². The van der Waals surface area contributed by atoms with Gasteiger partial charge in [-0.25, -0.2) is 0 Å². The van der Waals surface area contributed by atoms with E-state index in [2.05, 4.69) is 10.2 Å². The molecule has 0 bridgehead atoms. The maximum absolute atomic E-state index is 12.1. The van der Waals surface area contributed by atoms with Crippen molar-refractivity contribution in [1.29, 1.82) is 0 Å². The van der Waals surface area contributed by atoms with Gasteiger partial charge in [0.2, 0.25) is 0 Å². The van der Waals surface area contributed by atoms with Gasteiger partial charge in [-0.15, -0.1) is 0 Å². The molecule has 1 rings (SSSR count). The van der Waals surface area contributed by atoms with E-state index in [0.29, 0.717) is 18.7 Å². The summed E-state index contributed by atoms with van der Waals surface area (Å²) >= 11 is 0. The van der Waals surface area contributed by atoms with Crippen molar-refractivity contribution in [3.8, 4) is 0 Å². The summed E-state index contributed by atoms with van der Waals surface area (Å²) in [6.45, 7) is 2.25. The number of hydrogen-bond acceptors (Lipinski definition) is 2. The third-order valence-corrected chi connectivity index (χ3v) is 2.02. The van der Waals surface area contributed by atoms with Crippen LogP contribution in [0.25, 0.3) is 0 Å². The Bertz CT molecular complexity index is 292. The van der Waals surface area contributed by atoms with Gasteiger partial charge in [0.15, 0.2) is 5.69 Å². The molecule has 3 N–H and O–H groups in total. The second kappa shape index (κ2) is 4.00. The maximum atomic E-state index is 12.1. The van der Waals surface area contributed by atoms with Crippen LogP contribution in [0.1, 0.15) is 30.7 Å². The highest BCUT2D eigenvalue weighted by atomic mass is 19.4. The lowest BCUT2D eigenvalue weighted by Gasteiger charge is -2.05. The van der Waals surface area contributed by atoms with E-state index in [1.54, 1.807) is 6.92 Å². The molecule has 0 fully saturated rings. The van der Waals surface area contributed by atoms with Gasteiger partial charge in [0.25, 0.3) is 0 Å². The minimum Gasteiger partial charge on any atom is -0.330 e. The zero-order valence-corrected chi connectivity index (χ0v) is 7.73.